The Hall–Kier alpha value is -6.13. The number of nitrogens with zero attached hydrogens (tertiary/aromatic N) is 2. The summed E-state index contributed by atoms with van der Waals surface area (Å²) in [6.07, 6.45) is 0. The van der Waals surface area contributed by atoms with Crippen molar-refractivity contribution < 1.29 is 4.39 Å². The quantitative estimate of drug-likeness (QED) is 0.169. The van der Waals surface area contributed by atoms with E-state index >= 15 is 4.39 Å². The molecule has 52 heavy (non-hydrogen) atoms. The SMILES string of the molecule is Cc1ccccc1N1c2cccc3c2B(c2ccc4c(c2N3c2ccccc2F)C(C)(C)c2c-4ccc3ccccc23)c2c1ccc1ccccc21. The molecule has 0 saturated heterocycles. The van der Waals surface area contributed by atoms with Crippen LogP contribution in [0.2, 0.25) is 0 Å². The van der Waals surface area contributed by atoms with Crippen molar-refractivity contribution in [3.05, 3.63) is 174 Å². The van der Waals surface area contributed by atoms with E-state index in [9.17, 15) is 0 Å². The van der Waals surface area contributed by atoms with Crippen LogP contribution in [0.15, 0.2) is 152 Å². The minimum atomic E-state index is -0.362. The summed E-state index contributed by atoms with van der Waals surface area (Å²) in [6, 6.07) is 53.8. The summed E-state index contributed by atoms with van der Waals surface area (Å²) in [5.41, 5.74) is 15.7. The molecule has 0 aromatic heterocycles. The van der Waals surface area contributed by atoms with Crippen LogP contribution in [0.4, 0.5) is 38.5 Å². The van der Waals surface area contributed by atoms with E-state index in [0.717, 1.165) is 22.7 Å². The number of anilines is 6. The minimum Gasteiger partial charge on any atom is -0.311 e. The second-order valence-electron chi connectivity index (χ2n) is 15.0. The van der Waals surface area contributed by atoms with Crippen LogP contribution in [0.1, 0.15) is 30.5 Å². The fourth-order valence-electron chi connectivity index (χ4n) is 9.90. The van der Waals surface area contributed by atoms with Gasteiger partial charge in [-0.15, -0.1) is 0 Å². The van der Waals surface area contributed by atoms with Gasteiger partial charge in [-0.2, -0.15) is 0 Å². The highest BCUT2D eigenvalue weighted by Crippen LogP contribution is 2.57. The molecule has 246 valence electrons. The summed E-state index contributed by atoms with van der Waals surface area (Å²) < 4.78 is 16.5. The second-order valence-corrected chi connectivity index (χ2v) is 15.0. The van der Waals surface area contributed by atoms with Crippen LogP contribution in [-0.2, 0) is 5.41 Å². The van der Waals surface area contributed by atoms with Gasteiger partial charge in [-0.1, -0.05) is 129 Å². The van der Waals surface area contributed by atoms with Crippen molar-refractivity contribution in [3.8, 4) is 11.1 Å². The van der Waals surface area contributed by atoms with Gasteiger partial charge in [0, 0.05) is 33.9 Å². The van der Waals surface area contributed by atoms with Crippen LogP contribution in [0.3, 0.4) is 0 Å². The first kappa shape index (κ1) is 29.6. The molecule has 0 spiro atoms. The summed E-state index contributed by atoms with van der Waals surface area (Å²) in [4.78, 5) is 4.69. The Morgan fingerprint density at radius 1 is 0.481 bits per heavy atom. The van der Waals surface area contributed by atoms with E-state index in [0.29, 0.717) is 5.69 Å². The number of aryl methyl sites for hydroxylation is 1. The first-order chi connectivity index (χ1) is 25.4. The molecule has 0 fully saturated rings. The van der Waals surface area contributed by atoms with Gasteiger partial charge in [0.15, 0.2) is 0 Å². The highest BCUT2D eigenvalue weighted by Gasteiger charge is 2.49. The topological polar surface area (TPSA) is 6.48 Å². The van der Waals surface area contributed by atoms with Gasteiger partial charge in [-0.3, -0.25) is 0 Å². The molecule has 0 amide bonds. The predicted octanol–water partition coefficient (Wildman–Crippen LogP) is 10.8. The molecular formula is C48H34BFN2. The Morgan fingerprint density at radius 3 is 1.85 bits per heavy atom. The smallest absolute Gasteiger partial charge is 0.252 e. The van der Waals surface area contributed by atoms with Crippen molar-refractivity contribution in [1.29, 1.82) is 0 Å². The number of hydrogen-bond acceptors (Lipinski definition) is 2. The van der Waals surface area contributed by atoms with E-state index in [2.05, 4.69) is 158 Å². The van der Waals surface area contributed by atoms with Crippen molar-refractivity contribution in [2.75, 3.05) is 9.80 Å². The lowest BCUT2D eigenvalue weighted by Crippen LogP contribution is -2.62. The molecule has 11 rings (SSSR count). The van der Waals surface area contributed by atoms with Gasteiger partial charge in [0.1, 0.15) is 5.82 Å². The third-order valence-electron chi connectivity index (χ3n) is 12.0. The van der Waals surface area contributed by atoms with E-state index < -0.39 is 0 Å². The van der Waals surface area contributed by atoms with Crippen LogP contribution >= 0.6 is 0 Å². The summed E-state index contributed by atoms with van der Waals surface area (Å²) in [5, 5.41) is 4.96. The average Bonchev–Trinajstić information content (AvgIpc) is 3.41. The maximum atomic E-state index is 16.5. The molecule has 0 unspecified atom stereocenters. The van der Waals surface area contributed by atoms with Crippen LogP contribution in [-0.4, -0.2) is 6.71 Å². The average molecular weight is 669 g/mol. The van der Waals surface area contributed by atoms with Crippen molar-refractivity contribution >= 4 is 78.8 Å². The zero-order valence-corrected chi connectivity index (χ0v) is 29.3. The normalized spacial score (nSPS) is 14.6. The van der Waals surface area contributed by atoms with Crippen LogP contribution in [0, 0.1) is 12.7 Å². The van der Waals surface area contributed by atoms with Gasteiger partial charge >= 0.3 is 0 Å². The maximum Gasteiger partial charge on any atom is 0.252 e. The number of rotatable bonds is 2. The Balaban J connectivity index is 1.30. The van der Waals surface area contributed by atoms with Gasteiger partial charge in [0.05, 0.1) is 5.69 Å². The van der Waals surface area contributed by atoms with E-state index in [1.807, 2.05) is 12.1 Å². The standard InChI is InChI=1S/C48H34BFN2/c1-29-13-4-10-19-38(29)51-40-21-12-22-41-46(40)49(45-33-17-8-6-15-31(33)24-28-42(45)51)36-27-26-35-34-25-23-30-14-5-7-16-32(30)43(34)48(2,3)44(35)47(36)52(41)39-20-11-9-18-37(39)50/h4-28H,1-3H3. The number of hydrogen-bond donors (Lipinski definition) is 0. The zero-order valence-electron chi connectivity index (χ0n) is 29.3. The molecular weight excluding hydrogens is 634 g/mol. The summed E-state index contributed by atoms with van der Waals surface area (Å²) in [6.45, 7) is 6.83. The number of halogens is 1. The zero-order chi connectivity index (χ0) is 34.9. The third kappa shape index (κ3) is 3.74. The van der Waals surface area contributed by atoms with Crippen molar-refractivity contribution in [1.82, 2.24) is 0 Å². The summed E-state index contributed by atoms with van der Waals surface area (Å²) in [7, 11) is 0. The summed E-state index contributed by atoms with van der Waals surface area (Å²) in [5.74, 6) is -0.238. The highest BCUT2D eigenvalue weighted by molar-refractivity contribution is 7.01. The van der Waals surface area contributed by atoms with Crippen LogP contribution in [0.25, 0.3) is 32.7 Å². The van der Waals surface area contributed by atoms with E-state index in [4.69, 9.17) is 0 Å². The van der Waals surface area contributed by atoms with Gasteiger partial charge in [-0.05, 0) is 109 Å². The lowest BCUT2D eigenvalue weighted by atomic mass is 9.32. The highest BCUT2D eigenvalue weighted by atomic mass is 19.1. The monoisotopic (exact) mass is 668 g/mol. The van der Waals surface area contributed by atoms with Crippen molar-refractivity contribution in [3.63, 3.8) is 0 Å². The summed E-state index contributed by atoms with van der Waals surface area (Å²) >= 11 is 0. The minimum absolute atomic E-state index is 0.0767. The largest absolute Gasteiger partial charge is 0.311 e. The predicted molar refractivity (Wildman–Crippen MR) is 218 cm³/mol. The molecule has 3 aliphatic rings. The Morgan fingerprint density at radius 2 is 1.06 bits per heavy atom. The Bertz CT molecular complexity index is 2840. The Labute approximate surface area is 303 Å². The molecule has 0 atom stereocenters. The van der Waals surface area contributed by atoms with E-state index in [-0.39, 0.29) is 17.9 Å². The lowest BCUT2D eigenvalue weighted by molar-refractivity contribution is 0.627. The van der Waals surface area contributed by atoms with E-state index in [1.54, 1.807) is 12.1 Å². The third-order valence-corrected chi connectivity index (χ3v) is 12.0. The second kappa shape index (κ2) is 10.5. The van der Waals surface area contributed by atoms with Gasteiger partial charge in [0.25, 0.3) is 6.71 Å². The van der Waals surface area contributed by atoms with Crippen molar-refractivity contribution in [2.24, 2.45) is 0 Å². The molecule has 0 saturated carbocycles. The van der Waals surface area contributed by atoms with Gasteiger partial charge in [0.2, 0.25) is 0 Å². The van der Waals surface area contributed by atoms with Gasteiger partial charge < -0.3 is 9.80 Å². The maximum absolute atomic E-state index is 16.5. The Kier molecular flexibility index (Phi) is 5.95. The molecule has 2 heterocycles. The first-order valence-corrected chi connectivity index (χ1v) is 18.2. The number of benzene rings is 8. The number of para-hydroxylation sites is 2. The van der Waals surface area contributed by atoms with Crippen LogP contribution in [0.5, 0.6) is 0 Å². The number of fused-ring (bicyclic) bond motifs is 12. The molecule has 0 bridgehead atoms. The molecule has 0 radical (unpaired) electrons. The molecule has 2 nitrogen and oxygen atoms in total. The lowest BCUT2D eigenvalue weighted by Gasteiger charge is -2.46. The molecule has 1 aliphatic carbocycles. The molecule has 0 N–H and O–H groups in total. The van der Waals surface area contributed by atoms with E-state index in [1.165, 1.54) is 71.4 Å². The van der Waals surface area contributed by atoms with Crippen LogP contribution < -0.4 is 26.2 Å². The molecule has 2 aliphatic heterocycles. The molecule has 8 aromatic carbocycles. The van der Waals surface area contributed by atoms with Gasteiger partial charge in [-0.25, -0.2) is 4.39 Å². The molecule has 4 heteroatoms. The fraction of sp³-hybridized carbons (Fsp3) is 0.0833. The fourth-order valence-corrected chi connectivity index (χ4v) is 9.90. The molecule has 8 aromatic rings. The van der Waals surface area contributed by atoms with Crippen molar-refractivity contribution in [2.45, 2.75) is 26.2 Å². The first-order valence-electron chi connectivity index (χ1n) is 18.2.